The molecule has 0 aliphatic heterocycles. The van der Waals surface area contributed by atoms with Gasteiger partial charge >= 0.3 is 0 Å². The molecule has 0 aromatic heterocycles. The fraction of sp³-hybridized carbons (Fsp3) is 0.556. The van der Waals surface area contributed by atoms with Gasteiger partial charge in [-0.25, -0.2) is 4.39 Å². The van der Waals surface area contributed by atoms with E-state index in [0.717, 1.165) is 18.5 Å². The number of nitrogens with one attached hydrogen (secondary N) is 1. The number of allylic oxidation sites excluding steroid dienone is 1. The van der Waals surface area contributed by atoms with Crippen LogP contribution in [0, 0.1) is 12.7 Å². The van der Waals surface area contributed by atoms with Crippen LogP contribution in [0.4, 0.5) is 4.39 Å². The minimum atomic E-state index is -0.115. The zero-order valence-corrected chi connectivity index (χ0v) is 12.7. The highest BCUT2D eigenvalue weighted by Gasteiger charge is 2.17. The van der Waals surface area contributed by atoms with E-state index < -0.39 is 0 Å². The maximum absolute atomic E-state index is 13.5. The van der Waals surface area contributed by atoms with Crippen LogP contribution in [0.2, 0.25) is 0 Å². The van der Waals surface area contributed by atoms with E-state index in [1.165, 1.54) is 43.2 Å². The third-order valence-electron chi connectivity index (χ3n) is 4.12. The molecular weight excluding hydrogens is 249 g/mol. The lowest BCUT2D eigenvalue weighted by Gasteiger charge is -2.24. The van der Waals surface area contributed by atoms with Crippen molar-refractivity contribution in [1.29, 1.82) is 0 Å². The van der Waals surface area contributed by atoms with Gasteiger partial charge in [0.25, 0.3) is 0 Å². The van der Waals surface area contributed by atoms with Gasteiger partial charge in [0, 0.05) is 0 Å². The van der Waals surface area contributed by atoms with E-state index in [1.807, 2.05) is 19.1 Å². The van der Waals surface area contributed by atoms with Gasteiger partial charge in [0.15, 0.2) is 0 Å². The lowest BCUT2D eigenvalue weighted by atomic mass is 9.90. The highest BCUT2D eigenvalue weighted by Crippen LogP contribution is 2.29. The lowest BCUT2D eigenvalue weighted by Crippen LogP contribution is -2.23. The standard InChI is InChI=1S/C18H26FN/c1-3-20-18(15-9-7-5-4-6-8-10-15)16-11-12-17(19)14(2)13-16/h9,11-13,18,20H,3-8,10H2,1-2H3/b15-9+. The van der Waals surface area contributed by atoms with Gasteiger partial charge in [-0.3, -0.25) is 0 Å². The van der Waals surface area contributed by atoms with Crippen LogP contribution in [-0.2, 0) is 0 Å². The summed E-state index contributed by atoms with van der Waals surface area (Å²) < 4.78 is 13.5. The molecule has 20 heavy (non-hydrogen) atoms. The van der Waals surface area contributed by atoms with Gasteiger partial charge in [0.1, 0.15) is 5.82 Å². The predicted octanol–water partition coefficient (Wildman–Crippen LogP) is 5.07. The van der Waals surface area contributed by atoms with E-state index in [2.05, 4.69) is 18.3 Å². The van der Waals surface area contributed by atoms with Gasteiger partial charge in [0.05, 0.1) is 6.04 Å². The molecule has 0 saturated heterocycles. The van der Waals surface area contributed by atoms with E-state index >= 15 is 0 Å². The average Bonchev–Trinajstić information content (AvgIpc) is 2.40. The fourth-order valence-electron chi connectivity index (χ4n) is 2.99. The summed E-state index contributed by atoms with van der Waals surface area (Å²) in [5, 5.41) is 3.57. The Kier molecular flexibility index (Phi) is 5.78. The molecule has 1 nitrogen and oxygen atoms in total. The van der Waals surface area contributed by atoms with Crippen molar-refractivity contribution in [2.75, 3.05) is 6.54 Å². The molecule has 0 amide bonds. The monoisotopic (exact) mass is 275 g/mol. The van der Waals surface area contributed by atoms with Crippen molar-refractivity contribution in [2.24, 2.45) is 0 Å². The Morgan fingerprint density at radius 3 is 2.75 bits per heavy atom. The van der Waals surface area contributed by atoms with E-state index in [0.29, 0.717) is 0 Å². The van der Waals surface area contributed by atoms with Crippen molar-refractivity contribution in [3.63, 3.8) is 0 Å². The Balaban J connectivity index is 2.26. The van der Waals surface area contributed by atoms with Gasteiger partial charge in [0.2, 0.25) is 0 Å². The molecule has 1 N–H and O–H groups in total. The SMILES string of the molecule is CCNC(/C1=C/CCCCCC1)c1ccc(F)c(C)c1. The highest BCUT2D eigenvalue weighted by atomic mass is 19.1. The van der Waals surface area contributed by atoms with Crippen LogP contribution in [0.1, 0.15) is 62.6 Å². The van der Waals surface area contributed by atoms with Crippen LogP contribution < -0.4 is 5.32 Å². The second-order valence-electron chi connectivity index (χ2n) is 5.73. The van der Waals surface area contributed by atoms with Crippen molar-refractivity contribution in [1.82, 2.24) is 5.32 Å². The molecule has 0 radical (unpaired) electrons. The first-order valence-electron chi connectivity index (χ1n) is 7.90. The number of hydrogen-bond acceptors (Lipinski definition) is 1. The van der Waals surface area contributed by atoms with Crippen LogP contribution in [0.5, 0.6) is 0 Å². The predicted molar refractivity (Wildman–Crippen MR) is 83.3 cm³/mol. The Bertz CT molecular complexity index is 464. The summed E-state index contributed by atoms with van der Waals surface area (Å²) in [5.74, 6) is -0.115. The molecule has 0 saturated carbocycles. The van der Waals surface area contributed by atoms with Crippen molar-refractivity contribution < 1.29 is 4.39 Å². The molecule has 1 aromatic rings. The smallest absolute Gasteiger partial charge is 0.126 e. The first-order valence-corrected chi connectivity index (χ1v) is 7.90. The third kappa shape index (κ3) is 3.92. The summed E-state index contributed by atoms with van der Waals surface area (Å²) in [7, 11) is 0. The minimum absolute atomic E-state index is 0.115. The van der Waals surface area contributed by atoms with Gasteiger partial charge < -0.3 is 5.32 Å². The molecular formula is C18H26FN. The summed E-state index contributed by atoms with van der Waals surface area (Å²) in [4.78, 5) is 0. The van der Waals surface area contributed by atoms with Gasteiger partial charge in [-0.1, -0.05) is 43.5 Å². The zero-order valence-electron chi connectivity index (χ0n) is 12.7. The topological polar surface area (TPSA) is 12.0 Å². The van der Waals surface area contributed by atoms with E-state index in [4.69, 9.17) is 0 Å². The summed E-state index contributed by atoms with van der Waals surface area (Å²) in [6, 6.07) is 5.76. The van der Waals surface area contributed by atoms with Crippen molar-refractivity contribution >= 4 is 0 Å². The number of hydrogen-bond donors (Lipinski definition) is 1. The fourth-order valence-corrected chi connectivity index (χ4v) is 2.99. The van der Waals surface area contributed by atoms with E-state index in [1.54, 1.807) is 6.07 Å². The van der Waals surface area contributed by atoms with Gasteiger partial charge in [-0.05, 0) is 56.3 Å². The van der Waals surface area contributed by atoms with Crippen LogP contribution >= 0.6 is 0 Å². The maximum Gasteiger partial charge on any atom is 0.126 e. The third-order valence-corrected chi connectivity index (χ3v) is 4.12. The van der Waals surface area contributed by atoms with Gasteiger partial charge in [-0.2, -0.15) is 0 Å². The highest BCUT2D eigenvalue weighted by molar-refractivity contribution is 5.32. The molecule has 1 aliphatic rings. The second-order valence-corrected chi connectivity index (χ2v) is 5.73. The van der Waals surface area contributed by atoms with Crippen LogP contribution in [0.25, 0.3) is 0 Å². The molecule has 2 rings (SSSR count). The summed E-state index contributed by atoms with van der Waals surface area (Å²) in [6.07, 6.45) is 10.00. The molecule has 1 aliphatic carbocycles. The molecule has 0 spiro atoms. The largest absolute Gasteiger partial charge is 0.307 e. The van der Waals surface area contributed by atoms with Crippen molar-refractivity contribution in [3.8, 4) is 0 Å². The van der Waals surface area contributed by atoms with E-state index in [-0.39, 0.29) is 11.9 Å². The lowest BCUT2D eigenvalue weighted by molar-refractivity contribution is 0.551. The first kappa shape index (κ1) is 15.2. The molecule has 0 fully saturated rings. The summed E-state index contributed by atoms with van der Waals surface area (Å²) in [5.41, 5.74) is 3.41. The van der Waals surface area contributed by atoms with Crippen molar-refractivity contribution in [2.45, 2.75) is 58.4 Å². The molecule has 2 heteroatoms. The molecule has 0 bridgehead atoms. The summed E-state index contributed by atoms with van der Waals surface area (Å²) in [6.45, 7) is 4.90. The molecule has 110 valence electrons. The van der Waals surface area contributed by atoms with Crippen molar-refractivity contribution in [3.05, 3.63) is 46.8 Å². The first-order chi connectivity index (χ1) is 9.72. The zero-order chi connectivity index (χ0) is 14.4. The Morgan fingerprint density at radius 1 is 1.20 bits per heavy atom. The molecule has 1 aromatic carbocycles. The van der Waals surface area contributed by atoms with E-state index in [9.17, 15) is 4.39 Å². The van der Waals surface area contributed by atoms with Gasteiger partial charge in [-0.15, -0.1) is 0 Å². The Hall–Kier alpha value is -1.15. The normalized spacial score (nSPS) is 20.6. The quantitative estimate of drug-likeness (QED) is 0.757. The molecule has 1 unspecified atom stereocenters. The number of likely N-dealkylation sites (N-methyl/N-ethyl adjacent to an activating group) is 1. The molecule has 0 heterocycles. The van der Waals surface area contributed by atoms with Crippen LogP contribution in [-0.4, -0.2) is 6.54 Å². The average molecular weight is 275 g/mol. The number of aryl methyl sites for hydroxylation is 1. The van der Waals surface area contributed by atoms with Crippen LogP contribution in [0.3, 0.4) is 0 Å². The maximum atomic E-state index is 13.5. The minimum Gasteiger partial charge on any atom is -0.307 e. The van der Waals surface area contributed by atoms with Crippen LogP contribution in [0.15, 0.2) is 29.8 Å². The number of rotatable bonds is 4. The number of benzene rings is 1. The Morgan fingerprint density at radius 2 is 2.00 bits per heavy atom. The summed E-state index contributed by atoms with van der Waals surface area (Å²) >= 11 is 0. The number of halogens is 1. The molecule has 1 atom stereocenters. The second kappa shape index (κ2) is 7.58. The Labute approximate surface area is 122 Å².